The summed E-state index contributed by atoms with van der Waals surface area (Å²) in [5.41, 5.74) is -2.64. The van der Waals surface area contributed by atoms with E-state index in [0.29, 0.717) is 0 Å². The van der Waals surface area contributed by atoms with Crippen molar-refractivity contribution in [3.63, 3.8) is 0 Å². The van der Waals surface area contributed by atoms with Crippen molar-refractivity contribution in [1.29, 1.82) is 0 Å². The molecule has 0 saturated carbocycles. The minimum Gasteiger partial charge on any atom is -0.394 e. The van der Waals surface area contributed by atoms with Gasteiger partial charge in [-0.1, -0.05) is 0 Å². The highest BCUT2D eigenvalue weighted by molar-refractivity contribution is 5.11. The van der Waals surface area contributed by atoms with Gasteiger partial charge in [0.25, 0.3) is 0 Å². The first-order valence-electron chi connectivity index (χ1n) is 7.03. The third kappa shape index (κ3) is 2.88. The van der Waals surface area contributed by atoms with Gasteiger partial charge in [-0.05, 0) is 0 Å². The van der Waals surface area contributed by atoms with Crippen molar-refractivity contribution < 1.29 is 55.4 Å². The highest BCUT2D eigenvalue weighted by Gasteiger charge is 2.63. The van der Waals surface area contributed by atoms with Gasteiger partial charge >= 0.3 is 0 Å². The Morgan fingerprint density at radius 1 is 0.739 bits per heavy atom. The number of ether oxygens (including phenoxy) is 2. The zero-order chi connectivity index (χ0) is 17.5. The second kappa shape index (κ2) is 6.82. The summed E-state index contributed by atoms with van der Waals surface area (Å²) >= 11 is 0. The standard InChI is InChI=1S/C12H22O11/c13-1-3-5(15)6(16)7(17)10(22-3)12(21)4(2-14)23-11(20)8(18)9(12)19/h3-11,13-21H,1-2H2/t3-,4-,5-,6+,7-,8-,9-,10-,11+,12-/m0/s1. The second-order valence-electron chi connectivity index (χ2n) is 5.77. The molecule has 136 valence electrons. The molecule has 10 atom stereocenters. The molecule has 2 heterocycles. The monoisotopic (exact) mass is 342 g/mol. The van der Waals surface area contributed by atoms with Crippen molar-refractivity contribution in [2.75, 3.05) is 13.2 Å². The molecule has 0 aromatic rings. The molecule has 0 bridgehead atoms. The van der Waals surface area contributed by atoms with Crippen LogP contribution in [0, 0.1) is 0 Å². The molecule has 11 heteroatoms. The second-order valence-corrected chi connectivity index (χ2v) is 5.77. The van der Waals surface area contributed by atoms with Crippen molar-refractivity contribution in [2.24, 2.45) is 0 Å². The first kappa shape index (κ1) is 18.9. The maximum atomic E-state index is 10.7. The van der Waals surface area contributed by atoms with Gasteiger partial charge in [-0.3, -0.25) is 0 Å². The van der Waals surface area contributed by atoms with E-state index in [1.165, 1.54) is 0 Å². The fourth-order valence-electron chi connectivity index (χ4n) is 3.00. The summed E-state index contributed by atoms with van der Waals surface area (Å²) in [6, 6.07) is 0. The molecule has 2 aliphatic heterocycles. The number of rotatable bonds is 3. The van der Waals surface area contributed by atoms with Crippen LogP contribution in [0.5, 0.6) is 0 Å². The molecule has 9 N–H and O–H groups in total. The Kier molecular flexibility index (Phi) is 5.60. The van der Waals surface area contributed by atoms with Gasteiger partial charge in [0, 0.05) is 0 Å². The fraction of sp³-hybridized carbons (Fsp3) is 1.00. The van der Waals surface area contributed by atoms with Crippen molar-refractivity contribution >= 4 is 0 Å². The first-order valence-corrected chi connectivity index (χ1v) is 7.03. The van der Waals surface area contributed by atoms with Crippen LogP contribution in [-0.4, -0.2) is 120 Å². The smallest absolute Gasteiger partial charge is 0.184 e. The maximum absolute atomic E-state index is 10.7. The molecule has 2 fully saturated rings. The van der Waals surface area contributed by atoms with Gasteiger partial charge in [0.2, 0.25) is 0 Å². The third-order valence-corrected chi connectivity index (χ3v) is 4.42. The van der Waals surface area contributed by atoms with Crippen LogP contribution in [0.15, 0.2) is 0 Å². The summed E-state index contributed by atoms with van der Waals surface area (Å²) in [6.07, 6.45) is -16.4. The molecule has 0 aromatic carbocycles. The number of hydrogen-bond acceptors (Lipinski definition) is 11. The van der Waals surface area contributed by atoms with Crippen LogP contribution < -0.4 is 0 Å². The van der Waals surface area contributed by atoms with Crippen LogP contribution in [-0.2, 0) is 9.47 Å². The number of hydrogen-bond donors (Lipinski definition) is 9. The molecular formula is C12H22O11. The summed E-state index contributed by atoms with van der Waals surface area (Å²) in [5.74, 6) is 0. The Morgan fingerprint density at radius 2 is 1.35 bits per heavy atom. The minimum atomic E-state index is -2.64. The van der Waals surface area contributed by atoms with Gasteiger partial charge in [-0.2, -0.15) is 0 Å². The Labute approximate surface area is 130 Å². The molecule has 2 saturated heterocycles. The first-order chi connectivity index (χ1) is 10.7. The largest absolute Gasteiger partial charge is 0.394 e. The van der Waals surface area contributed by atoms with E-state index in [-0.39, 0.29) is 0 Å². The van der Waals surface area contributed by atoms with Crippen LogP contribution in [0.25, 0.3) is 0 Å². The van der Waals surface area contributed by atoms with Crippen molar-refractivity contribution in [2.45, 2.75) is 60.7 Å². The SMILES string of the molecule is OC[C@@H]1O[C@H]([C@]2(O)[C@H](CO)O[C@@H](O)[C@@H](O)[C@@H]2O)[C@@H](O)[C@H](O)[C@H]1O. The van der Waals surface area contributed by atoms with E-state index in [9.17, 15) is 40.9 Å². The van der Waals surface area contributed by atoms with E-state index < -0.39 is 73.9 Å². The zero-order valence-corrected chi connectivity index (χ0v) is 12.0. The van der Waals surface area contributed by atoms with Gasteiger partial charge in [0.05, 0.1) is 13.2 Å². The highest BCUT2D eigenvalue weighted by Crippen LogP contribution is 2.38. The van der Waals surface area contributed by atoms with E-state index in [1.807, 2.05) is 0 Å². The normalized spacial score (nSPS) is 54.9. The Bertz CT molecular complexity index is 402. The van der Waals surface area contributed by atoms with E-state index in [4.69, 9.17) is 14.6 Å². The van der Waals surface area contributed by atoms with Gasteiger partial charge in [0.15, 0.2) is 11.9 Å². The van der Waals surface area contributed by atoms with Crippen molar-refractivity contribution in [3.8, 4) is 0 Å². The molecule has 0 spiro atoms. The average Bonchev–Trinajstić information content (AvgIpc) is 2.54. The Hall–Kier alpha value is -0.440. The molecule has 23 heavy (non-hydrogen) atoms. The van der Waals surface area contributed by atoms with Gasteiger partial charge in [-0.25, -0.2) is 0 Å². The molecule has 2 rings (SSSR count). The molecule has 11 nitrogen and oxygen atoms in total. The van der Waals surface area contributed by atoms with Crippen LogP contribution in [0.1, 0.15) is 0 Å². The topological polar surface area (TPSA) is 201 Å². The predicted molar refractivity (Wildman–Crippen MR) is 68.7 cm³/mol. The summed E-state index contributed by atoms with van der Waals surface area (Å²) in [7, 11) is 0. The molecule has 2 aliphatic rings. The lowest BCUT2D eigenvalue weighted by Gasteiger charge is -2.54. The maximum Gasteiger partial charge on any atom is 0.184 e. The summed E-state index contributed by atoms with van der Waals surface area (Å²) in [6.45, 7) is -1.70. The molecule has 0 amide bonds. The Morgan fingerprint density at radius 3 is 1.87 bits per heavy atom. The fourth-order valence-corrected chi connectivity index (χ4v) is 3.00. The summed E-state index contributed by atoms with van der Waals surface area (Å²) < 4.78 is 9.97. The van der Waals surface area contributed by atoms with E-state index in [2.05, 4.69) is 0 Å². The Balaban J connectivity index is 2.38. The quantitative estimate of drug-likeness (QED) is 0.236. The molecular weight excluding hydrogens is 320 g/mol. The van der Waals surface area contributed by atoms with Crippen molar-refractivity contribution in [1.82, 2.24) is 0 Å². The lowest BCUT2D eigenvalue weighted by molar-refractivity contribution is -0.367. The zero-order valence-electron chi connectivity index (χ0n) is 12.0. The van der Waals surface area contributed by atoms with Crippen LogP contribution >= 0.6 is 0 Å². The van der Waals surface area contributed by atoms with E-state index >= 15 is 0 Å². The van der Waals surface area contributed by atoms with Gasteiger partial charge in [0.1, 0.15) is 48.8 Å². The van der Waals surface area contributed by atoms with Gasteiger partial charge < -0.3 is 55.4 Å². The third-order valence-electron chi connectivity index (χ3n) is 4.42. The van der Waals surface area contributed by atoms with Crippen LogP contribution in [0.3, 0.4) is 0 Å². The highest BCUT2D eigenvalue weighted by atomic mass is 16.6. The number of aliphatic hydroxyl groups excluding tert-OH is 8. The number of aliphatic hydroxyl groups is 9. The minimum absolute atomic E-state index is 0.774. The predicted octanol–water partition coefficient (Wildman–Crippen LogP) is -6.01. The van der Waals surface area contributed by atoms with Crippen molar-refractivity contribution in [3.05, 3.63) is 0 Å². The molecule has 0 radical (unpaired) electrons. The van der Waals surface area contributed by atoms with Gasteiger partial charge in [-0.15, -0.1) is 0 Å². The van der Waals surface area contributed by atoms with E-state index in [0.717, 1.165) is 0 Å². The van der Waals surface area contributed by atoms with E-state index in [1.54, 1.807) is 0 Å². The molecule has 0 aromatic heterocycles. The summed E-state index contributed by atoms with van der Waals surface area (Å²) in [4.78, 5) is 0. The average molecular weight is 342 g/mol. The van der Waals surface area contributed by atoms with Crippen LogP contribution in [0.2, 0.25) is 0 Å². The van der Waals surface area contributed by atoms with Crippen LogP contribution in [0.4, 0.5) is 0 Å². The molecule has 0 aliphatic carbocycles. The molecule has 0 unspecified atom stereocenters. The lowest BCUT2D eigenvalue weighted by Crippen LogP contribution is -2.77. The summed E-state index contributed by atoms with van der Waals surface area (Å²) in [5, 5.41) is 88.0. The lowest BCUT2D eigenvalue weighted by atomic mass is 9.75.